The normalized spacial score (nSPS) is 16.6. The molecule has 1 aromatic carbocycles. The zero-order valence-electron chi connectivity index (χ0n) is 15.5. The smallest absolute Gasteiger partial charge is 0.191 e. The standard InChI is InChI=1S/C21H24N6/c1-22-21(26-19-8-7-17-5-2-3-6-18(17)14-19)24-15-16-9-11-23-20(13-16)27-12-4-10-25-27/h2-6,9-13,19H,7-8,14-15H2,1H3,(H2,22,24,26). The molecule has 4 rings (SSSR count). The molecule has 1 unspecified atom stereocenters. The van der Waals surface area contributed by atoms with Crippen LogP contribution in [-0.2, 0) is 19.4 Å². The first-order valence-electron chi connectivity index (χ1n) is 9.31. The number of guanidine groups is 1. The Kier molecular flexibility index (Phi) is 5.14. The Bertz CT molecular complexity index is 916. The number of benzene rings is 1. The van der Waals surface area contributed by atoms with Crippen molar-refractivity contribution < 1.29 is 0 Å². The lowest BCUT2D eigenvalue weighted by molar-refractivity contribution is 0.520. The average molecular weight is 360 g/mol. The summed E-state index contributed by atoms with van der Waals surface area (Å²) in [7, 11) is 1.81. The number of nitrogens with one attached hydrogen (secondary N) is 2. The van der Waals surface area contributed by atoms with Crippen molar-refractivity contribution in [3.05, 3.63) is 77.7 Å². The molecule has 1 aliphatic rings. The molecule has 0 saturated carbocycles. The zero-order valence-corrected chi connectivity index (χ0v) is 15.5. The molecule has 2 heterocycles. The fraction of sp³-hybridized carbons (Fsp3) is 0.286. The molecule has 0 bridgehead atoms. The van der Waals surface area contributed by atoms with Crippen LogP contribution in [0.5, 0.6) is 0 Å². The van der Waals surface area contributed by atoms with Crippen LogP contribution in [0.2, 0.25) is 0 Å². The van der Waals surface area contributed by atoms with E-state index in [4.69, 9.17) is 0 Å². The zero-order chi connectivity index (χ0) is 18.5. The highest BCUT2D eigenvalue weighted by Gasteiger charge is 2.18. The summed E-state index contributed by atoms with van der Waals surface area (Å²) in [6.07, 6.45) is 8.72. The fourth-order valence-corrected chi connectivity index (χ4v) is 3.49. The average Bonchev–Trinajstić information content (AvgIpc) is 3.26. The second-order valence-electron chi connectivity index (χ2n) is 6.75. The molecule has 2 N–H and O–H groups in total. The Hall–Kier alpha value is -3.15. The minimum absolute atomic E-state index is 0.406. The predicted molar refractivity (Wildman–Crippen MR) is 107 cm³/mol. The molecule has 0 aliphatic heterocycles. The number of pyridine rings is 1. The van der Waals surface area contributed by atoms with Gasteiger partial charge in [0.15, 0.2) is 11.8 Å². The molecular weight excluding hydrogens is 336 g/mol. The van der Waals surface area contributed by atoms with Crippen molar-refractivity contribution in [1.29, 1.82) is 0 Å². The van der Waals surface area contributed by atoms with Gasteiger partial charge in [0, 0.05) is 38.2 Å². The lowest BCUT2D eigenvalue weighted by atomic mass is 9.88. The molecule has 0 saturated heterocycles. The van der Waals surface area contributed by atoms with Crippen LogP contribution in [0.4, 0.5) is 0 Å². The molecule has 0 spiro atoms. The number of nitrogens with zero attached hydrogens (tertiary/aromatic N) is 4. The summed E-state index contributed by atoms with van der Waals surface area (Å²) in [5.74, 6) is 1.64. The molecule has 0 fully saturated rings. The minimum Gasteiger partial charge on any atom is -0.353 e. The van der Waals surface area contributed by atoms with E-state index in [0.29, 0.717) is 12.6 Å². The van der Waals surface area contributed by atoms with Gasteiger partial charge in [0.05, 0.1) is 0 Å². The van der Waals surface area contributed by atoms with Gasteiger partial charge in [0.2, 0.25) is 0 Å². The highest BCUT2D eigenvalue weighted by atomic mass is 15.3. The Labute approximate surface area is 159 Å². The van der Waals surface area contributed by atoms with Gasteiger partial charge in [-0.15, -0.1) is 0 Å². The Morgan fingerprint density at radius 1 is 1.19 bits per heavy atom. The van der Waals surface area contributed by atoms with Crippen LogP contribution >= 0.6 is 0 Å². The lowest BCUT2D eigenvalue weighted by Crippen LogP contribution is -2.45. The maximum absolute atomic E-state index is 4.39. The first-order chi connectivity index (χ1) is 13.3. The second-order valence-corrected chi connectivity index (χ2v) is 6.75. The van der Waals surface area contributed by atoms with Crippen LogP contribution in [0.25, 0.3) is 5.82 Å². The summed E-state index contributed by atoms with van der Waals surface area (Å²) in [5.41, 5.74) is 4.04. The van der Waals surface area contributed by atoms with Crippen molar-refractivity contribution in [2.24, 2.45) is 4.99 Å². The molecule has 0 amide bonds. The molecule has 1 atom stereocenters. The van der Waals surface area contributed by atoms with E-state index in [1.807, 2.05) is 37.6 Å². The Morgan fingerprint density at radius 2 is 2.07 bits per heavy atom. The molecule has 138 valence electrons. The van der Waals surface area contributed by atoms with E-state index >= 15 is 0 Å². The summed E-state index contributed by atoms with van der Waals surface area (Å²) < 4.78 is 1.76. The van der Waals surface area contributed by atoms with Gasteiger partial charge in [-0.25, -0.2) is 9.67 Å². The van der Waals surface area contributed by atoms with Crippen LogP contribution in [0.3, 0.4) is 0 Å². The molecule has 1 aliphatic carbocycles. The minimum atomic E-state index is 0.406. The van der Waals surface area contributed by atoms with Crippen LogP contribution < -0.4 is 10.6 Å². The van der Waals surface area contributed by atoms with Gasteiger partial charge in [-0.05, 0) is 54.2 Å². The third kappa shape index (κ3) is 4.16. The first-order valence-corrected chi connectivity index (χ1v) is 9.31. The second kappa shape index (κ2) is 8.03. The molecule has 0 radical (unpaired) electrons. The van der Waals surface area contributed by atoms with Gasteiger partial charge in [0.25, 0.3) is 0 Å². The van der Waals surface area contributed by atoms with Crippen molar-refractivity contribution in [2.45, 2.75) is 31.8 Å². The van der Waals surface area contributed by atoms with Gasteiger partial charge < -0.3 is 10.6 Å². The van der Waals surface area contributed by atoms with Crippen molar-refractivity contribution >= 4 is 5.96 Å². The third-order valence-corrected chi connectivity index (χ3v) is 4.92. The van der Waals surface area contributed by atoms with Crippen LogP contribution in [0.1, 0.15) is 23.1 Å². The van der Waals surface area contributed by atoms with E-state index in [1.165, 1.54) is 11.1 Å². The van der Waals surface area contributed by atoms with Gasteiger partial charge in [-0.1, -0.05) is 24.3 Å². The Morgan fingerprint density at radius 3 is 2.89 bits per heavy atom. The first kappa shape index (κ1) is 17.3. The van der Waals surface area contributed by atoms with Crippen molar-refractivity contribution in [3.8, 4) is 5.82 Å². The lowest BCUT2D eigenvalue weighted by Gasteiger charge is -2.27. The van der Waals surface area contributed by atoms with E-state index in [0.717, 1.165) is 36.6 Å². The topological polar surface area (TPSA) is 67.1 Å². The number of aryl methyl sites for hydroxylation is 1. The van der Waals surface area contributed by atoms with Crippen LogP contribution in [-0.4, -0.2) is 33.8 Å². The van der Waals surface area contributed by atoms with E-state index in [9.17, 15) is 0 Å². The number of aromatic nitrogens is 3. The van der Waals surface area contributed by atoms with E-state index in [1.54, 1.807) is 10.9 Å². The molecule has 6 heteroatoms. The number of rotatable bonds is 4. The quantitative estimate of drug-likeness (QED) is 0.554. The fourth-order valence-electron chi connectivity index (χ4n) is 3.49. The van der Waals surface area contributed by atoms with Crippen molar-refractivity contribution in [1.82, 2.24) is 25.4 Å². The molecule has 3 aromatic rings. The van der Waals surface area contributed by atoms with Crippen molar-refractivity contribution in [2.75, 3.05) is 7.05 Å². The Balaban J connectivity index is 1.36. The maximum atomic E-state index is 4.39. The summed E-state index contributed by atoms with van der Waals surface area (Å²) in [6, 6.07) is 15.0. The summed E-state index contributed by atoms with van der Waals surface area (Å²) in [4.78, 5) is 8.76. The molecular formula is C21H24N6. The SMILES string of the molecule is CN=C(NCc1ccnc(-n2cccn2)c1)NC1CCc2ccccc2C1. The molecule has 2 aromatic heterocycles. The summed E-state index contributed by atoms with van der Waals surface area (Å²) in [6.45, 7) is 0.680. The summed E-state index contributed by atoms with van der Waals surface area (Å²) in [5, 5.41) is 11.2. The van der Waals surface area contributed by atoms with E-state index < -0.39 is 0 Å². The van der Waals surface area contributed by atoms with Gasteiger partial charge in [-0.2, -0.15) is 5.10 Å². The largest absolute Gasteiger partial charge is 0.353 e. The van der Waals surface area contributed by atoms with Gasteiger partial charge >= 0.3 is 0 Å². The monoisotopic (exact) mass is 360 g/mol. The molecule has 6 nitrogen and oxygen atoms in total. The van der Waals surface area contributed by atoms with Crippen LogP contribution in [0, 0.1) is 0 Å². The highest BCUT2D eigenvalue weighted by molar-refractivity contribution is 5.80. The van der Waals surface area contributed by atoms with Gasteiger partial charge in [0.1, 0.15) is 0 Å². The third-order valence-electron chi connectivity index (χ3n) is 4.92. The number of hydrogen-bond acceptors (Lipinski definition) is 3. The maximum Gasteiger partial charge on any atom is 0.191 e. The van der Waals surface area contributed by atoms with Crippen molar-refractivity contribution in [3.63, 3.8) is 0 Å². The number of hydrogen-bond donors (Lipinski definition) is 2. The summed E-state index contributed by atoms with van der Waals surface area (Å²) >= 11 is 0. The van der Waals surface area contributed by atoms with E-state index in [2.05, 4.69) is 50.0 Å². The molecule has 27 heavy (non-hydrogen) atoms. The number of aliphatic imine (C=N–C) groups is 1. The number of fused-ring (bicyclic) bond motifs is 1. The highest BCUT2D eigenvalue weighted by Crippen LogP contribution is 2.20. The van der Waals surface area contributed by atoms with Gasteiger partial charge in [-0.3, -0.25) is 4.99 Å². The predicted octanol–water partition coefficient (Wildman–Crippen LogP) is 2.49. The van der Waals surface area contributed by atoms with Crippen LogP contribution in [0.15, 0.2) is 66.0 Å². The van der Waals surface area contributed by atoms with E-state index in [-0.39, 0.29) is 0 Å².